The third-order valence-corrected chi connectivity index (χ3v) is 3.44. The zero-order chi connectivity index (χ0) is 18.6. The number of methoxy groups -OCH3 is 1. The van der Waals surface area contributed by atoms with Crippen LogP contribution in [0.25, 0.3) is 0 Å². The van der Waals surface area contributed by atoms with Crippen LogP contribution in [0.3, 0.4) is 0 Å². The molecule has 0 saturated carbocycles. The molecule has 7 heteroatoms. The highest BCUT2D eigenvalue weighted by atomic mass is 19.1. The molecule has 0 saturated heterocycles. The molecule has 0 unspecified atom stereocenters. The van der Waals surface area contributed by atoms with Crippen LogP contribution in [-0.4, -0.2) is 37.3 Å². The van der Waals surface area contributed by atoms with Crippen molar-refractivity contribution in [2.75, 3.05) is 14.2 Å². The maximum atomic E-state index is 14.0. The number of hydrogen-bond donors (Lipinski definition) is 0. The number of carbonyl (C=O) groups excluding carboxylic acids is 2. The molecular formula is C18H16F2N2O3. The van der Waals surface area contributed by atoms with Crippen molar-refractivity contribution in [2.45, 2.75) is 6.92 Å². The highest BCUT2D eigenvalue weighted by Gasteiger charge is 2.16. The second-order valence-electron chi connectivity index (χ2n) is 5.28. The molecule has 0 aliphatic rings. The van der Waals surface area contributed by atoms with Gasteiger partial charge in [0.25, 0.3) is 5.91 Å². The predicted octanol–water partition coefficient (Wildman–Crippen LogP) is 3.17. The number of benzene rings is 2. The number of ether oxygens (including phenoxy) is 1. The SMILES string of the molecule is COC(=O)c1ccc(/C=N/N(C)C(=O)c2cc(C)ccc2F)c(F)c1. The molecule has 0 spiro atoms. The molecule has 5 nitrogen and oxygen atoms in total. The van der Waals surface area contributed by atoms with Gasteiger partial charge in [0.2, 0.25) is 0 Å². The molecule has 2 aromatic carbocycles. The summed E-state index contributed by atoms with van der Waals surface area (Å²) in [5.41, 5.74) is 0.730. The lowest BCUT2D eigenvalue weighted by atomic mass is 10.1. The van der Waals surface area contributed by atoms with E-state index in [1.54, 1.807) is 13.0 Å². The molecule has 2 rings (SSSR count). The van der Waals surface area contributed by atoms with Crippen molar-refractivity contribution in [2.24, 2.45) is 5.10 Å². The molecular weight excluding hydrogens is 330 g/mol. The Kier molecular flexibility index (Phi) is 5.59. The van der Waals surface area contributed by atoms with Gasteiger partial charge in [0, 0.05) is 12.6 Å². The number of hydrogen-bond acceptors (Lipinski definition) is 4. The van der Waals surface area contributed by atoms with E-state index in [0.717, 1.165) is 22.9 Å². The lowest BCUT2D eigenvalue weighted by Crippen LogP contribution is -2.22. The molecule has 2 aromatic rings. The van der Waals surface area contributed by atoms with Crippen LogP contribution in [0.4, 0.5) is 8.78 Å². The van der Waals surface area contributed by atoms with E-state index >= 15 is 0 Å². The van der Waals surface area contributed by atoms with Gasteiger partial charge in [0.15, 0.2) is 0 Å². The molecule has 1 amide bonds. The first kappa shape index (κ1) is 18.3. The molecule has 0 N–H and O–H groups in total. The number of hydrazone groups is 1. The number of amides is 1. The number of aryl methyl sites for hydroxylation is 1. The number of esters is 1. The largest absolute Gasteiger partial charge is 0.465 e. The first-order valence-electron chi connectivity index (χ1n) is 7.29. The zero-order valence-electron chi connectivity index (χ0n) is 13.9. The van der Waals surface area contributed by atoms with Gasteiger partial charge in [-0.3, -0.25) is 4.79 Å². The predicted molar refractivity (Wildman–Crippen MR) is 88.6 cm³/mol. The van der Waals surface area contributed by atoms with Crippen LogP contribution < -0.4 is 0 Å². The third-order valence-electron chi connectivity index (χ3n) is 3.44. The lowest BCUT2D eigenvalue weighted by Gasteiger charge is -2.12. The Labute approximate surface area is 143 Å². The van der Waals surface area contributed by atoms with E-state index < -0.39 is 23.5 Å². The summed E-state index contributed by atoms with van der Waals surface area (Å²) in [5, 5.41) is 4.74. The summed E-state index contributed by atoms with van der Waals surface area (Å²) in [6.07, 6.45) is 1.11. The molecule has 0 aromatic heterocycles. The van der Waals surface area contributed by atoms with Gasteiger partial charge in [0.1, 0.15) is 11.6 Å². The fourth-order valence-corrected chi connectivity index (χ4v) is 2.06. The van der Waals surface area contributed by atoms with Gasteiger partial charge in [-0.25, -0.2) is 18.6 Å². The molecule has 25 heavy (non-hydrogen) atoms. The van der Waals surface area contributed by atoms with E-state index in [-0.39, 0.29) is 16.7 Å². The summed E-state index contributed by atoms with van der Waals surface area (Å²) in [6, 6.07) is 7.87. The maximum Gasteiger partial charge on any atom is 0.337 e. The average Bonchev–Trinajstić information content (AvgIpc) is 2.61. The second-order valence-corrected chi connectivity index (χ2v) is 5.28. The maximum absolute atomic E-state index is 14.0. The molecule has 0 aliphatic carbocycles. The number of nitrogens with zero attached hydrogens (tertiary/aromatic N) is 2. The van der Waals surface area contributed by atoms with Crippen LogP contribution in [0.1, 0.15) is 31.8 Å². The normalized spacial score (nSPS) is 10.8. The van der Waals surface area contributed by atoms with Gasteiger partial charge in [-0.15, -0.1) is 0 Å². The average molecular weight is 346 g/mol. The van der Waals surface area contributed by atoms with Crippen molar-refractivity contribution < 1.29 is 23.1 Å². The minimum atomic E-state index is -0.700. The lowest BCUT2D eigenvalue weighted by molar-refractivity contribution is 0.0600. The van der Waals surface area contributed by atoms with Crippen LogP contribution in [-0.2, 0) is 4.74 Å². The fourth-order valence-electron chi connectivity index (χ4n) is 2.06. The van der Waals surface area contributed by atoms with E-state index in [4.69, 9.17) is 0 Å². The number of halogens is 2. The highest BCUT2D eigenvalue weighted by Crippen LogP contribution is 2.13. The van der Waals surface area contributed by atoms with Gasteiger partial charge < -0.3 is 4.74 Å². The molecule has 0 aliphatic heterocycles. The Hall–Kier alpha value is -3.09. The quantitative estimate of drug-likeness (QED) is 0.485. The van der Waals surface area contributed by atoms with Crippen molar-refractivity contribution in [3.63, 3.8) is 0 Å². The standard InChI is InChI=1S/C18H16F2N2O3/c1-11-4-7-15(19)14(8-11)17(23)22(2)21-10-13-6-5-12(9-16(13)20)18(24)25-3/h4-10H,1-3H3/b21-10+. The Bertz CT molecular complexity index is 850. The van der Waals surface area contributed by atoms with Gasteiger partial charge in [-0.2, -0.15) is 5.10 Å². The minimum Gasteiger partial charge on any atom is -0.465 e. The topological polar surface area (TPSA) is 59.0 Å². The molecule has 0 bridgehead atoms. The molecule has 0 atom stereocenters. The van der Waals surface area contributed by atoms with Crippen LogP contribution in [0.2, 0.25) is 0 Å². The van der Waals surface area contributed by atoms with Crippen molar-refractivity contribution in [1.82, 2.24) is 5.01 Å². The van der Waals surface area contributed by atoms with Gasteiger partial charge in [0.05, 0.1) is 24.5 Å². The summed E-state index contributed by atoms with van der Waals surface area (Å²) in [7, 11) is 2.53. The van der Waals surface area contributed by atoms with Crippen LogP contribution in [0, 0.1) is 18.6 Å². The van der Waals surface area contributed by atoms with Crippen molar-refractivity contribution in [3.8, 4) is 0 Å². The first-order valence-corrected chi connectivity index (χ1v) is 7.29. The Morgan fingerprint density at radius 2 is 1.84 bits per heavy atom. The zero-order valence-corrected chi connectivity index (χ0v) is 13.9. The molecule has 130 valence electrons. The van der Waals surface area contributed by atoms with E-state index in [1.165, 1.54) is 38.4 Å². The van der Waals surface area contributed by atoms with E-state index in [1.807, 2.05) is 0 Å². The van der Waals surface area contributed by atoms with E-state index in [2.05, 4.69) is 9.84 Å². The molecule has 0 radical (unpaired) electrons. The van der Waals surface area contributed by atoms with Crippen molar-refractivity contribution in [1.29, 1.82) is 0 Å². The number of carbonyl (C=O) groups is 2. The monoisotopic (exact) mass is 346 g/mol. The summed E-state index contributed by atoms with van der Waals surface area (Å²) < 4.78 is 32.2. The Balaban J connectivity index is 2.19. The second kappa shape index (κ2) is 7.65. The van der Waals surface area contributed by atoms with E-state index in [0.29, 0.717) is 0 Å². The number of rotatable bonds is 4. The summed E-state index contributed by atoms with van der Waals surface area (Å²) in [4.78, 5) is 23.6. The minimum absolute atomic E-state index is 0.0587. The summed E-state index contributed by atoms with van der Waals surface area (Å²) in [5.74, 6) is -2.69. The summed E-state index contributed by atoms with van der Waals surface area (Å²) >= 11 is 0. The third kappa shape index (κ3) is 4.26. The van der Waals surface area contributed by atoms with Crippen LogP contribution in [0.5, 0.6) is 0 Å². The molecule has 0 fully saturated rings. The fraction of sp³-hybridized carbons (Fsp3) is 0.167. The highest BCUT2D eigenvalue weighted by molar-refractivity contribution is 5.95. The van der Waals surface area contributed by atoms with Gasteiger partial charge in [-0.05, 0) is 37.3 Å². The Morgan fingerprint density at radius 3 is 2.48 bits per heavy atom. The molecule has 0 heterocycles. The Morgan fingerprint density at radius 1 is 1.12 bits per heavy atom. The van der Waals surface area contributed by atoms with Crippen molar-refractivity contribution in [3.05, 3.63) is 70.3 Å². The van der Waals surface area contributed by atoms with Crippen molar-refractivity contribution >= 4 is 18.1 Å². The first-order chi connectivity index (χ1) is 11.8. The van der Waals surface area contributed by atoms with Gasteiger partial charge >= 0.3 is 5.97 Å². The van der Waals surface area contributed by atoms with E-state index in [9.17, 15) is 18.4 Å². The van der Waals surface area contributed by atoms with Gasteiger partial charge in [-0.1, -0.05) is 11.6 Å². The van der Waals surface area contributed by atoms with Crippen LogP contribution in [0.15, 0.2) is 41.5 Å². The smallest absolute Gasteiger partial charge is 0.337 e. The summed E-state index contributed by atoms with van der Waals surface area (Å²) in [6.45, 7) is 1.73. The van der Waals surface area contributed by atoms with Crippen LogP contribution >= 0.6 is 0 Å².